The van der Waals surface area contributed by atoms with Crippen LogP contribution in [0.3, 0.4) is 0 Å². The van der Waals surface area contributed by atoms with Crippen LogP contribution >= 0.6 is 0 Å². The summed E-state index contributed by atoms with van der Waals surface area (Å²) in [6.07, 6.45) is 0.0591. The molecule has 0 saturated carbocycles. The Morgan fingerprint density at radius 3 is 2.29 bits per heavy atom. The van der Waals surface area contributed by atoms with Gasteiger partial charge in [-0.25, -0.2) is 16.8 Å². The molecule has 1 aliphatic rings. The van der Waals surface area contributed by atoms with Crippen molar-refractivity contribution in [2.75, 3.05) is 16.8 Å². The van der Waals surface area contributed by atoms with Gasteiger partial charge in [0.25, 0.3) is 5.91 Å². The molecule has 1 N–H and O–H groups in total. The Balaban J connectivity index is 1.80. The van der Waals surface area contributed by atoms with E-state index in [1.54, 1.807) is 24.3 Å². The summed E-state index contributed by atoms with van der Waals surface area (Å²) in [5.74, 6) is -1.14. The van der Waals surface area contributed by atoms with E-state index in [4.69, 9.17) is 0 Å². The Kier molecular flexibility index (Phi) is 5.40. The van der Waals surface area contributed by atoms with Gasteiger partial charge in [0.15, 0.2) is 25.5 Å². The average molecular weight is 421 g/mol. The van der Waals surface area contributed by atoms with Gasteiger partial charge in [0.05, 0.1) is 21.7 Å². The van der Waals surface area contributed by atoms with Crippen LogP contribution < -0.4 is 5.32 Å². The molecule has 2 aromatic rings. The van der Waals surface area contributed by atoms with E-state index in [2.05, 4.69) is 5.32 Å². The number of Topliss-reactive ketones (excluding diaryl/α,β-unsaturated/α-hetero) is 1. The Morgan fingerprint density at radius 1 is 1.04 bits per heavy atom. The standard InChI is InChI=1S/C19H19NO6S2/c1-13(21)14-5-7-16(8-6-14)20-19(22)15-3-2-4-17(11-15)28(25,26)18-9-10-27(23,24)12-18/h2-8,11,18H,9-10,12H2,1H3,(H,20,22)/t18-/m0/s1. The first-order valence-electron chi connectivity index (χ1n) is 8.55. The summed E-state index contributed by atoms with van der Waals surface area (Å²) in [5.41, 5.74) is 1.11. The van der Waals surface area contributed by atoms with Gasteiger partial charge in [-0.05, 0) is 55.8 Å². The summed E-state index contributed by atoms with van der Waals surface area (Å²) in [6.45, 7) is 1.44. The molecule has 1 saturated heterocycles. The monoisotopic (exact) mass is 421 g/mol. The van der Waals surface area contributed by atoms with Crippen molar-refractivity contribution in [2.45, 2.75) is 23.5 Å². The molecule has 0 bridgehead atoms. The predicted octanol–water partition coefficient (Wildman–Crippen LogP) is 2.10. The second-order valence-corrected chi connectivity index (χ2v) is 11.1. The quantitative estimate of drug-likeness (QED) is 0.740. The maximum Gasteiger partial charge on any atom is 0.255 e. The maximum absolute atomic E-state index is 12.7. The van der Waals surface area contributed by atoms with Gasteiger partial charge >= 0.3 is 0 Å². The van der Waals surface area contributed by atoms with Crippen LogP contribution in [0.25, 0.3) is 0 Å². The molecule has 1 fully saturated rings. The van der Waals surface area contributed by atoms with Gasteiger partial charge in [-0.2, -0.15) is 0 Å². The van der Waals surface area contributed by atoms with Gasteiger partial charge in [-0.3, -0.25) is 9.59 Å². The van der Waals surface area contributed by atoms with Crippen LogP contribution in [0.15, 0.2) is 53.4 Å². The molecule has 0 unspecified atom stereocenters. The van der Waals surface area contributed by atoms with Crippen LogP contribution in [0.5, 0.6) is 0 Å². The zero-order chi connectivity index (χ0) is 20.5. The molecular weight excluding hydrogens is 402 g/mol. The van der Waals surface area contributed by atoms with Crippen molar-refractivity contribution < 1.29 is 26.4 Å². The van der Waals surface area contributed by atoms with E-state index in [1.165, 1.54) is 31.2 Å². The molecule has 2 aromatic carbocycles. The third-order valence-corrected chi connectivity index (χ3v) is 8.77. The number of hydrogen-bond donors (Lipinski definition) is 1. The van der Waals surface area contributed by atoms with Crippen molar-refractivity contribution >= 4 is 37.1 Å². The van der Waals surface area contributed by atoms with Crippen molar-refractivity contribution in [3.05, 3.63) is 59.7 Å². The van der Waals surface area contributed by atoms with E-state index >= 15 is 0 Å². The van der Waals surface area contributed by atoms with Crippen LogP contribution in [-0.2, 0) is 19.7 Å². The minimum atomic E-state index is -3.85. The van der Waals surface area contributed by atoms with Gasteiger partial charge in [-0.1, -0.05) is 6.07 Å². The molecule has 1 amide bonds. The van der Waals surface area contributed by atoms with Gasteiger partial charge in [-0.15, -0.1) is 0 Å². The van der Waals surface area contributed by atoms with Crippen molar-refractivity contribution in [3.8, 4) is 0 Å². The van der Waals surface area contributed by atoms with Gasteiger partial charge < -0.3 is 5.32 Å². The molecule has 3 rings (SSSR count). The Morgan fingerprint density at radius 2 is 1.71 bits per heavy atom. The lowest BCUT2D eigenvalue weighted by Gasteiger charge is -2.11. The number of amides is 1. The molecule has 0 aliphatic carbocycles. The number of anilines is 1. The highest BCUT2D eigenvalue weighted by molar-refractivity contribution is 7.96. The zero-order valence-corrected chi connectivity index (χ0v) is 16.7. The highest BCUT2D eigenvalue weighted by Gasteiger charge is 2.38. The first kappa shape index (κ1) is 20.2. The fourth-order valence-corrected chi connectivity index (χ4v) is 7.41. The minimum Gasteiger partial charge on any atom is -0.322 e. The predicted molar refractivity (Wildman–Crippen MR) is 105 cm³/mol. The van der Waals surface area contributed by atoms with Crippen LogP contribution in [0.4, 0.5) is 5.69 Å². The summed E-state index contributed by atoms with van der Waals surface area (Å²) < 4.78 is 48.7. The summed E-state index contributed by atoms with van der Waals surface area (Å²) in [7, 11) is -7.20. The number of nitrogens with one attached hydrogen (secondary N) is 1. The first-order valence-corrected chi connectivity index (χ1v) is 11.9. The smallest absolute Gasteiger partial charge is 0.255 e. The average Bonchev–Trinajstić information content (AvgIpc) is 3.03. The van der Waals surface area contributed by atoms with Crippen molar-refractivity contribution in [2.24, 2.45) is 0 Å². The van der Waals surface area contributed by atoms with Gasteiger partial charge in [0, 0.05) is 16.8 Å². The lowest BCUT2D eigenvalue weighted by Crippen LogP contribution is -2.23. The van der Waals surface area contributed by atoms with E-state index in [0.717, 1.165) is 0 Å². The molecular formula is C19H19NO6S2. The van der Waals surface area contributed by atoms with E-state index in [1.807, 2.05) is 0 Å². The maximum atomic E-state index is 12.7. The van der Waals surface area contributed by atoms with E-state index in [-0.39, 0.29) is 28.4 Å². The van der Waals surface area contributed by atoms with Gasteiger partial charge in [0.2, 0.25) is 0 Å². The third-order valence-electron chi connectivity index (χ3n) is 4.60. The number of carbonyl (C=O) groups is 2. The normalized spacial score (nSPS) is 18.5. The van der Waals surface area contributed by atoms with Crippen molar-refractivity contribution in [3.63, 3.8) is 0 Å². The number of sulfone groups is 2. The highest BCUT2D eigenvalue weighted by atomic mass is 32.2. The molecule has 7 nitrogen and oxygen atoms in total. The fourth-order valence-electron chi connectivity index (χ4n) is 3.00. The van der Waals surface area contributed by atoms with Crippen LogP contribution in [-0.4, -0.2) is 45.3 Å². The van der Waals surface area contributed by atoms with E-state index < -0.39 is 36.6 Å². The Hall–Kier alpha value is -2.52. The molecule has 1 aliphatic heterocycles. The van der Waals surface area contributed by atoms with Crippen molar-refractivity contribution in [1.29, 1.82) is 0 Å². The Bertz CT molecular complexity index is 1140. The van der Waals surface area contributed by atoms with Crippen LogP contribution in [0.2, 0.25) is 0 Å². The molecule has 28 heavy (non-hydrogen) atoms. The first-order chi connectivity index (χ1) is 13.1. The Labute approximate surface area is 163 Å². The number of benzene rings is 2. The highest BCUT2D eigenvalue weighted by Crippen LogP contribution is 2.26. The summed E-state index contributed by atoms with van der Waals surface area (Å²) in [6, 6.07) is 11.9. The lowest BCUT2D eigenvalue weighted by atomic mass is 10.1. The topological polar surface area (TPSA) is 114 Å². The SMILES string of the molecule is CC(=O)c1ccc(NC(=O)c2cccc(S(=O)(=O)[C@H]3CCS(=O)(=O)C3)c2)cc1. The second kappa shape index (κ2) is 7.48. The molecule has 0 aromatic heterocycles. The number of ketones is 1. The minimum absolute atomic E-state index is 0.0591. The number of rotatable bonds is 5. The van der Waals surface area contributed by atoms with Gasteiger partial charge in [0.1, 0.15) is 0 Å². The van der Waals surface area contributed by atoms with Crippen LogP contribution in [0.1, 0.15) is 34.1 Å². The molecule has 0 radical (unpaired) electrons. The largest absolute Gasteiger partial charge is 0.322 e. The van der Waals surface area contributed by atoms with Crippen LogP contribution in [0, 0.1) is 0 Å². The number of hydrogen-bond acceptors (Lipinski definition) is 6. The van der Waals surface area contributed by atoms with Crippen molar-refractivity contribution in [1.82, 2.24) is 0 Å². The zero-order valence-electron chi connectivity index (χ0n) is 15.1. The lowest BCUT2D eigenvalue weighted by molar-refractivity contribution is 0.101. The van der Waals surface area contributed by atoms with E-state index in [0.29, 0.717) is 11.3 Å². The van der Waals surface area contributed by atoms with E-state index in [9.17, 15) is 26.4 Å². The summed E-state index contributed by atoms with van der Waals surface area (Å²) in [5, 5.41) is 1.65. The summed E-state index contributed by atoms with van der Waals surface area (Å²) >= 11 is 0. The molecule has 9 heteroatoms. The third kappa shape index (κ3) is 4.31. The fraction of sp³-hybridized carbons (Fsp3) is 0.263. The number of carbonyl (C=O) groups excluding carboxylic acids is 2. The molecule has 1 heterocycles. The summed E-state index contributed by atoms with van der Waals surface area (Å²) in [4.78, 5) is 23.7. The molecule has 1 atom stereocenters. The molecule has 0 spiro atoms. The molecule has 148 valence electrons. The second-order valence-electron chi connectivity index (χ2n) is 6.69.